The molecule has 2 saturated carbocycles. The van der Waals surface area contributed by atoms with Crippen molar-refractivity contribution in [2.75, 3.05) is 6.61 Å². The fourth-order valence-electron chi connectivity index (χ4n) is 2.68. The van der Waals surface area contributed by atoms with Gasteiger partial charge in [0, 0.05) is 11.6 Å². The largest absolute Gasteiger partial charge is 0.483 e. The second-order valence-corrected chi connectivity index (χ2v) is 5.82. The summed E-state index contributed by atoms with van der Waals surface area (Å²) in [6.45, 7) is -0.0580. The normalized spacial score (nSPS) is 18.1. The molecule has 2 aliphatic rings. The van der Waals surface area contributed by atoms with E-state index < -0.39 is 0 Å². The number of nitrogens with one attached hydrogen (secondary N) is 1. The second-order valence-electron chi connectivity index (χ2n) is 5.82. The number of carbonyl (C=O) groups excluding carboxylic acids is 1. The molecule has 3 rings (SSSR count). The number of rotatable bonds is 7. The van der Waals surface area contributed by atoms with Crippen LogP contribution in [-0.2, 0) is 11.4 Å². The van der Waals surface area contributed by atoms with Crippen LogP contribution in [0.15, 0.2) is 24.3 Å². The summed E-state index contributed by atoms with van der Waals surface area (Å²) in [5.74, 6) is 1.91. The number of benzene rings is 1. The van der Waals surface area contributed by atoms with E-state index in [1.165, 1.54) is 25.7 Å². The molecule has 0 atom stereocenters. The summed E-state index contributed by atoms with van der Waals surface area (Å²) in [6, 6.07) is 7.61. The molecule has 2 fully saturated rings. The highest BCUT2D eigenvalue weighted by Gasteiger charge is 2.42. The van der Waals surface area contributed by atoms with E-state index in [0.29, 0.717) is 29.2 Å². The van der Waals surface area contributed by atoms with Crippen LogP contribution in [0, 0.1) is 11.8 Å². The average molecular weight is 275 g/mol. The van der Waals surface area contributed by atoms with Crippen molar-refractivity contribution in [3.63, 3.8) is 0 Å². The summed E-state index contributed by atoms with van der Waals surface area (Å²) in [5, 5.41) is 12.3. The third-order valence-corrected chi connectivity index (χ3v) is 4.09. The van der Waals surface area contributed by atoms with E-state index in [1.807, 2.05) is 12.1 Å². The van der Waals surface area contributed by atoms with Gasteiger partial charge in [-0.15, -0.1) is 0 Å². The van der Waals surface area contributed by atoms with Crippen LogP contribution < -0.4 is 10.1 Å². The Bertz CT molecular complexity index is 468. The maximum Gasteiger partial charge on any atom is 0.258 e. The first-order valence-electron chi connectivity index (χ1n) is 7.39. The third-order valence-electron chi connectivity index (χ3n) is 4.09. The lowest BCUT2D eigenvalue weighted by Gasteiger charge is -2.18. The van der Waals surface area contributed by atoms with Crippen LogP contribution in [0.25, 0.3) is 0 Å². The smallest absolute Gasteiger partial charge is 0.258 e. The van der Waals surface area contributed by atoms with Crippen molar-refractivity contribution >= 4 is 5.91 Å². The lowest BCUT2D eigenvalue weighted by atomic mass is 10.1. The van der Waals surface area contributed by atoms with Gasteiger partial charge in [-0.3, -0.25) is 4.79 Å². The van der Waals surface area contributed by atoms with Crippen molar-refractivity contribution in [3.05, 3.63) is 29.8 Å². The Morgan fingerprint density at radius 3 is 2.50 bits per heavy atom. The third kappa shape index (κ3) is 3.31. The summed E-state index contributed by atoms with van der Waals surface area (Å²) >= 11 is 0. The molecule has 1 aromatic rings. The topological polar surface area (TPSA) is 58.6 Å². The van der Waals surface area contributed by atoms with Crippen LogP contribution >= 0.6 is 0 Å². The van der Waals surface area contributed by atoms with Crippen molar-refractivity contribution < 1.29 is 14.6 Å². The molecule has 2 N–H and O–H groups in total. The van der Waals surface area contributed by atoms with Gasteiger partial charge in [-0.05, 0) is 43.6 Å². The van der Waals surface area contributed by atoms with Crippen molar-refractivity contribution in [2.24, 2.45) is 11.8 Å². The molecule has 20 heavy (non-hydrogen) atoms. The summed E-state index contributed by atoms with van der Waals surface area (Å²) in [7, 11) is 0. The number of amides is 1. The lowest BCUT2D eigenvalue weighted by Crippen LogP contribution is -2.40. The molecular formula is C16H21NO3. The number of carbonyl (C=O) groups is 1. The molecule has 1 amide bonds. The van der Waals surface area contributed by atoms with Crippen LogP contribution in [-0.4, -0.2) is 23.7 Å². The van der Waals surface area contributed by atoms with Crippen LogP contribution in [0.1, 0.15) is 31.2 Å². The zero-order chi connectivity index (χ0) is 13.9. The molecule has 0 aliphatic heterocycles. The monoisotopic (exact) mass is 275 g/mol. The van der Waals surface area contributed by atoms with Crippen molar-refractivity contribution in [3.8, 4) is 5.75 Å². The fraction of sp³-hybridized carbons (Fsp3) is 0.562. The Kier molecular flexibility index (Phi) is 3.92. The van der Waals surface area contributed by atoms with E-state index >= 15 is 0 Å². The molecule has 0 bridgehead atoms. The van der Waals surface area contributed by atoms with E-state index in [4.69, 9.17) is 4.74 Å². The van der Waals surface area contributed by atoms with Gasteiger partial charge < -0.3 is 15.2 Å². The van der Waals surface area contributed by atoms with Gasteiger partial charge >= 0.3 is 0 Å². The Balaban J connectivity index is 1.51. The number of hydrogen-bond acceptors (Lipinski definition) is 3. The van der Waals surface area contributed by atoms with Crippen LogP contribution in [0.2, 0.25) is 0 Å². The second kappa shape index (κ2) is 5.83. The number of hydrogen-bond donors (Lipinski definition) is 2. The van der Waals surface area contributed by atoms with E-state index in [9.17, 15) is 9.90 Å². The summed E-state index contributed by atoms with van der Waals surface area (Å²) in [5.41, 5.74) is 0.709. The zero-order valence-corrected chi connectivity index (χ0v) is 11.5. The number of para-hydroxylation sites is 1. The van der Waals surface area contributed by atoms with Gasteiger partial charge in [-0.2, -0.15) is 0 Å². The Morgan fingerprint density at radius 1 is 1.25 bits per heavy atom. The maximum absolute atomic E-state index is 12.0. The standard InChI is InChI=1S/C16H21NO3/c18-9-13-3-1-2-4-14(13)20-10-15(19)17-16(11-5-6-11)12-7-8-12/h1-4,11-12,16,18H,5-10H2,(H,17,19). The predicted octanol–water partition coefficient (Wildman–Crippen LogP) is 1.86. The van der Waals surface area contributed by atoms with Gasteiger partial charge in [-0.25, -0.2) is 0 Å². The van der Waals surface area contributed by atoms with Gasteiger partial charge in [0.2, 0.25) is 0 Å². The Labute approximate surface area is 119 Å². The minimum absolute atomic E-state index is 0.0208. The Morgan fingerprint density at radius 2 is 1.90 bits per heavy atom. The number of aliphatic hydroxyl groups excluding tert-OH is 1. The molecule has 0 aromatic heterocycles. The molecule has 4 heteroatoms. The first-order valence-corrected chi connectivity index (χ1v) is 7.39. The maximum atomic E-state index is 12.0. The Hall–Kier alpha value is -1.55. The lowest BCUT2D eigenvalue weighted by molar-refractivity contribution is -0.124. The first kappa shape index (κ1) is 13.4. The van der Waals surface area contributed by atoms with Crippen molar-refractivity contribution in [1.29, 1.82) is 0 Å². The molecule has 108 valence electrons. The SMILES string of the molecule is O=C(COc1ccccc1CO)NC(C1CC1)C1CC1. The minimum Gasteiger partial charge on any atom is -0.483 e. The molecule has 0 spiro atoms. The van der Waals surface area contributed by atoms with Gasteiger partial charge in [-0.1, -0.05) is 18.2 Å². The molecular weight excluding hydrogens is 254 g/mol. The highest BCUT2D eigenvalue weighted by atomic mass is 16.5. The highest BCUT2D eigenvalue weighted by molar-refractivity contribution is 5.78. The van der Waals surface area contributed by atoms with E-state index in [0.717, 1.165) is 0 Å². The molecule has 0 heterocycles. The van der Waals surface area contributed by atoms with E-state index in [1.54, 1.807) is 12.1 Å². The number of ether oxygens (including phenoxy) is 1. The minimum atomic E-state index is -0.0788. The fourth-order valence-corrected chi connectivity index (χ4v) is 2.68. The zero-order valence-electron chi connectivity index (χ0n) is 11.5. The average Bonchev–Trinajstić information content (AvgIpc) is 3.35. The predicted molar refractivity (Wildman–Crippen MR) is 75.2 cm³/mol. The van der Waals surface area contributed by atoms with E-state index in [2.05, 4.69) is 5.32 Å². The summed E-state index contributed by atoms with van der Waals surface area (Å²) in [4.78, 5) is 12.0. The van der Waals surface area contributed by atoms with Crippen LogP contribution in [0.3, 0.4) is 0 Å². The highest BCUT2D eigenvalue weighted by Crippen LogP contribution is 2.44. The molecule has 0 unspecified atom stereocenters. The summed E-state index contributed by atoms with van der Waals surface area (Å²) < 4.78 is 5.52. The molecule has 2 aliphatic carbocycles. The quantitative estimate of drug-likeness (QED) is 0.798. The number of aliphatic hydroxyl groups is 1. The molecule has 0 radical (unpaired) electrons. The van der Waals surface area contributed by atoms with Crippen LogP contribution in [0.4, 0.5) is 0 Å². The van der Waals surface area contributed by atoms with Gasteiger partial charge in [0.15, 0.2) is 6.61 Å². The van der Waals surface area contributed by atoms with Gasteiger partial charge in [0.1, 0.15) is 5.75 Å². The summed E-state index contributed by atoms with van der Waals surface area (Å²) in [6.07, 6.45) is 4.98. The molecule has 1 aromatic carbocycles. The molecule has 0 saturated heterocycles. The first-order chi connectivity index (χ1) is 9.78. The van der Waals surface area contributed by atoms with Crippen LogP contribution in [0.5, 0.6) is 5.75 Å². The van der Waals surface area contributed by atoms with Crippen molar-refractivity contribution in [1.82, 2.24) is 5.32 Å². The molecule has 4 nitrogen and oxygen atoms in total. The van der Waals surface area contributed by atoms with Crippen molar-refractivity contribution in [2.45, 2.75) is 38.3 Å². The van der Waals surface area contributed by atoms with Gasteiger partial charge in [0.25, 0.3) is 5.91 Å². The van der Waals surface area contributed by atoms with Gasteiger partial charge in [0.05, 0.1) is 6.61 Å². The van der Waals surface area contributed by atoms with E-state index in [-0.39, 0.29) is 19.1 Å².